The Bertz CT molecular complexity index is 919. The number of carbonyl (C=O) groups is 2. The highest BCUT2D eigenvalue weighted by molar-refractivity contribution is 6.30. The summed E-state index contributed by atoms with van der Waals surface area (Å²) in [6.45, 7) is 2.11. The predicted octanol–water partition coefficient (Wildman–Crippen LogP) is 2.90. The van der Waals surface area contributed by atoms with Crippen molar-refractivity contribution in [3.63, 3.8) is 0 Å². The Labute approximate surface area is 169 Å². The smallest absolute Gasteiger partial charge is 0.255 e. The van der Waals surface area contributed by atoms with E-state index < -0.39 is 5.41 Å². The molecule has 1 unspecified atom stereocenters. The van der Waals surface area contributed by atoms with Gasteiger partial charge in [-0.05, 0) is 30.5 Å². The molecule has 4 rings (SSSR count). The maximum atomic E-state index is 13.5. The summed E-state index contributed by atoms with van der Waals surface area (Å²) in [6.07, 6.45) is 4.39. The van der Waals surface area contributed by atoms with E-state index >= 15 is 0 Å². The number of nitrogens with zero attached hydrogens (tertiary/aromatic N) is 3. The Kier molecular flexibility index (Phi) is 5.08. The Morgan fingerprint density at radius 3 is 2.93 bits per heavy atom. The summed E-state index contributed by atoms with van der Waals surface area (Å²) in [4.78, 5) is 34.0. The van der Waals surface area contributed by atoms with E-state index in [1.165, 1.54) is 12.4 Å². The van der Waals surface area contributed by atoms with Crippen LogP contribution in [0, 0.1) is 0 Å². The second-order valence-electron chi connectivity index (χ2n) is 7.27. The van der Waals surface area contributed by atoms with Crippen molar-refractivity contribution < 1.29 is 14.3 Å². The number of fused-ring (bicyclic) bond motifs is 2. The number of pyridine rings is 1. The van der Waals surface area contributed by atoms with Crippen molar-refractivity contribution in [1.29, 1.82) is 0 Å². The molecule has 1 fully saturated rings. The molecule has 0 radical (unpaired) electrons. The number of benzene rings is 1. The minimum atomic E-state index is -0.675. The van der Waals surface area contributed by atoms with E-state index in [4.69, 9.17) is 16.3 Å². The van der Waals surface area contributed by atoms with Crippen molar-refractivity contribution in [2.45, 2.75) is 18.3 Å². The van der Waals surface area contributed by atoms with Crippen LogP contribution in [0.25, 0.3) is 0 Å². The lowest BCUT2D eigenvalue weighted by Gasteiger charge is -2.24. The molecule has 2 amide bonds. The van der Waals surface area contributed by atoms with Gasteiger partial charge in [-0.1, -0.05) is 29.8 Å². The van der Waals surface area contributed by atoms with Crippen molar-refractivity contribution in [3.05, 3.63) is 58.9 Å². The minimum absolute atomic E-state index is 0.0734. The van der Waals surface area contributed by atoms with Crippen LogP contribution in [0.1, 0.15) is 28.8 Å². The normalized spacial score (nSPS) is 20.9. The second kappa shape index (κ2) is 7.53. The fourth-order valence-electron chi connectivity index (χ4n) is 4.27. The molecule has 0 bridgehead atoms. The first-order valence-corrected chi connectivity index (χ1v) is 9.75. The number of para-hydroxylation sites is 1. The van der Waals surface area contributed by atoms with E-state index in [0.717, 1.165) is 17.7 Å². The van der Waals surface area contributed by atoms with Gasteiger partial charge in [0.1, 0.15) is 0 Å². The molecule has 2 aromatic rings. The van der Waals surface area contributed by atoms with Crippen LogP contribution in [0.2, 0.25) is 5.02 Å². The fraction of sp³-hybridized carbons (Fsp3) is 0.381. The third kappa shape index (κ3) is 3.06. The molecular weight excluding hydrogens is 378 g/mol. The maximum absolute atomic E-state index is 13.5. The van der Waals surface area contributed by atoms with Crippen LogP contribution in [0.5, 0.6) is 0 Å². The van der Waals surface area contributed by atoms with E-state index in [-0.39, 0.29) is 11.8 Å². The first kappa shape index (κ1) is 18.9. The Hall–Kier alpha value is -2.44. The molecule has 1 aromatic heterocycles. The molecule has 1 atom stereocenters. The van der Waals surface area contributed by atoms with Gasteiger partial charge in [-0.3, -0.25) is 14.6 Å². The van der Waals surface area contributed by atoms with E-state index in [1.54, 1.807) is 18.1 Å². The molecule has 0 saturated carbocycles. The molecule has 146 valence electrons. The van der Waals surface area contributed by atoms with Gasteiger partial charge < -0.3 is 14.5 Å². The van der Waals surface area contributed by atoms with Crippen molar-refractivity contribution in [2.75, 3.05) is 38.3 Å². The van der Waals surface area contributed by atoms with Crippen molar-refractivity contribution in [1.82, 2.24) is 9.88 Å². The van der Waals surface area contributed by atoms with Gasteiger partial charge >= 0.3 is 0 Å². The molecule has 6 nitrogen and oxygen atoms in total. The summed E-state index contributed by atoms with van der Waals surface area (Å²) in [5.41, 5.74) is 1.73. The van der Waals surface area contributed by atoms with Gasteiger partial charge in [-0.15, -0.1) is 0 Å². The molecule has 3 heterocycles. The molecule has 2 aliphatic rings. The maximum Gasteiger partial charge on any atom is 0.255 e. The molecule has 1 saturated heterocycles. The van der Waals surface area contributed by atoms with E-state index in [9.17, 15) is 9.59 Å². The van der Waals surface area contributed by atoms with Gasteiger partial charge in [-0.25, -0.2) is 0 Å². The van der Waals surface area contributed by atoms with Crippen molar-refractivity contribution >= 4 is 29.1 Å². The van der Waals surface area contributed by atoms with Gasteiger partial charge in [-0.2, -0.15) is 0 Å². The number of methoxy groups -OCH3 is 1. The average molecular weight is 400 g/mol. The third-order valence-electron chi connectivity index (χ3n) is 5.60. The van der Waals surface area contributed by atoms with Gasteiger partial charge in [0, 0.05) is 51.4 Å². The summed E-state index contributed by atoms with van der Waals surface area (Å²) in [6, 6.07) is 9.52. The molecule has 0 aliphatic carbocycles. The quantitative estimate of drug-likeness (QED) is 0.725. The lowest BCUT2D eigenvalue weighted by Crippen LogP contribution is -2.43. The highest BCUT2D eigenvalue weighted by Gasteiger charge is 2.54. The van der Waals surface area contributed by atoms with Gasteiger partial charge in [0.25, 0.3) is 5.91 Å². The molecule has 2 aliphatic heterocycles. The van der Waals surface area contributed by atoms with Gasteiger partial charge in [0.15, 0.2) is 0 Å². The topological polar surface area (TPSA) is 62.7 Å². The number of aromatic nitrogens is 1. The van der Waals surface area contributed by atoms with Crippen LogP contribution in [-0.4, -0.2) is 55.0 Å². The average Bonchev–Trinajstić information content (AvgIpc) is 3.25. The number of likely N-dealkylation sites (tertiary alicyclic amines) is 1. The number of halogens is 1. The first-order valence-electron chi connectivity index (χ1n) is 9.37. The number of amides is 2. The summed E-state index contributed by atoms with van der Waals surface area (Å²) < 4.78 is 5.14. The van der Waals surface area contributed by atoms with Crippen LogP contribution in [0.15, 0.2) is 42.7 Å². The van der Waals surface area contributed by atoms with E-state index in [0.29, 0.717) is 43.2 Å². The van der Waals surface area contributed by atoms with Crippen LogP contribution >= 0.6 is 11.6 Å². The molecule has 1 spiro atoms. The standard InChI is InChI=1S/C21H22ClN3O3/c1-28-10-4-8-25-18-6-3-2-5-17(18)21(20(25)27)7-9-24(14-21)19(26)15-11-16(22)13-23-12-15/h2-3,5-6,11-13H,4,7-10,14H2,1H3. The van der Waals surface area contributed by atoms with Crippen LogP contribution < -0.4 is 4.90 Å². The van der Waals surface area contributed by atoms with Crippen LogP contribution in [0.3, 0.4) is 0 Å². The molecule has 0 N–H and O–H groups in total. The minimum Gasteiger partial charge on any atom is -0.385 e. The number of ether oxygens (including phenoxy) is 1. The molecule has 7 heteroatoms. The molecular formula is C21H22ClN3O3. The Morgan fingerprint density at radius 2 is 2.14 bits per heavy atom. The van der Waals surface area contributed by atoms with Crippen molar-refractivity contribution in [3.8, 4) is 0 Å². The largest absolute Gasteiger partial charge is 0.385 e. The monoisotopic (exact) mass is 399 g/mol. The van der Waals surface area contributed by atoms with E-state index in [1.807, 2.05) is 29.2 Å². The lowest BCUT2D eigenvalue weighted by atomic mass is 9.81. The Morgan fingerprint density at radius 1 is 1.32 bits per heavy atom. The van der Waals surface area contributed by atoms with Gasteiger partial charge in [0.05, 0.1) is 16.0 Å². The lowest BCUT2D eigenvalue weighted by molar-refractivity contribution is -0.122. The Balaban J connectivity index is 1.61. The number of hydrogen-bond acceptors (Lipinski definition) is 4. The first-order chi connectivity index (χ1) is 13.6. The predicted molar refractivity (Wildman–Crippen MR) is 107 cm³/mol. The third-order valence-corrected chi connectivity index (χ3v) is 5.81. The van der Waals surface area contributed by atoms with Gasteiger partial charge in [0.2, 0.25) is 5.91 Å². The summed E-state index contributed by atoms with van der Waals surface area (Å²) in [7, 11) is 1.66. The summed E-state index contributed by atoms with van der Waals surface area (Å²) >= 11 is 5.98. The number of hydrogen-bond donors (Lipinski definition) is 0. The highest BCUT2D eigenvalue weighted by Crippen LogP contribution is 2.47. The number of anilines is 1. The zero-order chi connectivity index (χ0) is 19.7. The molecule has 28 heavy (non-hydrogen) atoms. The van der Waals surface area contributed by atoms with Crippen molar-refractivity contribution in [2.24, 2.45) is 0 Å². The zero-order valence-corrected chi connectivity index (χ0v) is 16.5. The van der Waals surface area contributed by atoms with Crippen LogP contribution in [0.4, 0.5) is 5.69 Å². The number of rotatable bonds is 5. The van der Waals surface area contributed by atoms with Crippen LogP contribution in [-0.2, 0) is 14.9 Å². The highest BCUT2D eigenvalue weighted by atomic mass is 35.5. The summed E-state index contributed by atoms with van der Waals surface area (Å²) in [5.74, 6) is -0.0701. The fourth-order valence-corrected chi connectivity index (χ4v) is 4.45. The molecule has 1 aromatic carbocycles. The number of carbonyl (C=O) groups excluding carboxylic acids is 2. The zero-order valence-electron chi connectivity index (χ0n) is 15.7. The second-order valence-corrected chi connectivity index (χ2v) is 7.71. The van der Waals surface area contributed by atoms with E-state index in [2.05, 4.69) is 4.98 Å². The summed E-state index contributed by atoms with van der Waals surface area (Å²) in [5, 5.41) is 0.423. The SMILES string of the molecule is COCCCN1C(=O)C2(CCN(C(=O)c3cncc(Cl)c3)C2)c2ccccc21.